The molecule has 1 heterocycles. The van der Waals surface area contributed by atoms with Gasteiger partial charge in [-0.2, -0.15) is 0 Å². The van der Waals surface area contributed by atoms with Crippen LogP contribution in [0.25, 0.3) is 6.08 Å². The van der Waals surface area contributed by atoms with Crippen molar-refractivity contribution in [2.24, 2.45) is 5.92 Å². The first kappa shape index (κ1) is 22.4. The summed E-state index contributed by atoms with van der Waals surface area (Å²) in [7, 11) is 0. The van der Waals surface area contributed by atoms with Crippen LogP contribution in [0.4, 0.5) is 0 Å². The first-order chi connectivity index (χ1) is 14.6. The highest BCUT2D eigenvalue weighted by Crippen LogP contribution is 2.27. The number of carbonyl (C=O) groups is 2. The standard InChI is InChI=1S/C24H26ClNO3S/c1-2-29-24(28)19-10-8-14-26(16-19)23(27)20(15-18-9-6-7-13-22(18)25)17-30-21-11-4-3-5-12-21/h3-7,9,11-13,15,19H,2,8,10,14,16-17H2,1H3/b20-15+/t19-/m0/s1. The first-order valence-electron chi connectivity index (χ1n) is 10.2. The van der Waals surface area contributed by atoms with Crippen molar-refractivity contribution in [1.82, 2.24) is 4.90 Å². The summed E-state index contributed by atoms with van der Waals surface area (Å²) < 4.78 is 5.17. The van der Waals surface area contributed by atoms with Crippen LogP contribution in [0.5, 0.6) is 0 Å². The highest BCUT2D eigenvalue weighted by Gasteiger charge is 2.30. The number of piperidine rings is 1. The van der Waals surface area contributed by atoms with E-state index in [9.17, 15) is 9.59 Å². The van der Waals surface area contributed by atoms with Crippen molar-refractivity contribution in [3.63, 3.8) is 0 Å². The summed E-state index contributed by atoms with van der Waals surface area (Å²) in [5.41, 5.74) is 1.48. The van der Waals surface area contributed by atoms with Crippen LogP contribution in [0.3, 0.4) is 0 Å². The lowest BCUT2D eigenvalue weighted by Gasteiger charge is -2.32. The van der Waals surface area contributed by atoms with Crippen LogP contribution >= 0.6 is 23.4 Å². The maximum absolute atomic E-state index is 13.4. The Morgan fingerprint density at radius 1 is 1.17 bits per heavy atom. The normalized spacial score (nSPS) is 16.9. The Morgan fingerprint density at radius 3 is 2.63 bits per heavy atom. The molecule has 3 rings (SSSR count). The van der Waals surface area contributed by atoms with Crippen molar-refractivity contribution in [3.05, 3.63) is 70.8 Å². The van der Waals surface area contributed by atoms with Crippen molar-refractivity contribution < 1.29 is 14.3 Å². The number of amides is 1. The maximum Gasteiger partial charge on any atom is 0.310 e. The van der Waals surface area contributed by atoms with E-state index in [2.05, 4.69) is 0 Å². The van der Waals surface area contributed by atoms with Gasteiger partial charge in [-0.05, 0) is 49.6 Å². The Hall–Kier alpha value is -2.24. The van der Waals surface area contributed by atoms with Crippen LogP contribution in [0, 0.1) is 5.92 Å². The molecule has 1 saturated heterocycles. The predicted octanol–water partition coefficient (Wildman–Crippen LogP) is 5.32. The zero-order valence-corrected chi connectivity index (χ0v) is 18.6. The third-order valence-corrected chi connectivity index (χ3v) is 6.38. The molecule has 1 fully saturated rings. The number of carbonyl (C=O) groups excluding carboxylic acids is 2. The Bertz CT molecular complexity index is 900. The van der Waals surface area contributed by atoms with Crippen LogP contribution < -0.4 is 0 Å². The molecule has 0 aromatic heterocycles. The molecule has 1 aliphatic rings. The number of esters is 1. The molecule has 1 aliphatic heterocycles. The number of ether oxygens (including phenoxy) is 1. The number of thioether (sulfide) groups is 1. The number of likely N-dealkylation sites (tertiary alicyclic amines) is 1. The van der Waals surface area contributed by atoms with Crippen LogP contribution in [0.15, 0.2) is 65.1 Å². The number of hydrogen-bond acceptors (Lipinski definition) is 4. The van der Waals surface area contributed by atoms with E-state index in [1.54, 1.807) is 23.6 Å². The summed E-state index contributed by atoms with van der Waals surface area (Å²) in [6, 6.07) is 17.5. The van der Waals surface area contributed by atoms with E-state index in [0.717, 1.165) is 23.3 Å². The number of rotatable bonds is 7. The van der Waals surface area contributed by atoms with Crippen LogP contribution in [-0.2, 0) is 14.3 Å². The average molecular weight is 444 g/mol. The molecule has 158 valence electrons. The Balaban J connectivity index is 1.80. The monoisotopic (exact) mass is 443 g/mol. The van der Waals surface area contributed by atoms with Gasteiger partial charge in [-0.3, -0.25) is 9.59 Å². The number of benzene rings is 2. The molecule has 0 radical (unpaired) electrons. The second-order valence-corrected chi connectivity index (χ2v) is 8.59. The van der Waals surface area contributed by atoms with Gasteiger partial charge in [0.1, 0.15) is 0 Å². The molecule has 4 nitrogen and oxygen atoms in total. The van der Waals surface area contributed by atoms with Gasteiger partial charge in [0, 0.05) is 34.3 Å². The van der Waals surface area contributed by atoms with E-state index in [1.807, 2.05) is 60.7 Å². The molecule has 0 bridgehead atoms. The molecule has 2 aromatic rings. The minimum absolute atomic E-state index is 0.0488. The van der Waals surface area contributed by atoms with Crippen LogP contribution in [0.2, 0.25) is 5.02 Å². The van der Waals surface area contributed by atoms with E-state index in [-0.39, 0.29) is 17.8 Å². The fourth-order valence-electron chi connectivity index (χ4n) is 3.44. The zero-order chi connectivity index (χ0) is 21.3. The molecule has 1 amide bonds. The zero-order valence-electron chi connectivity index (χ0n) is 17.1. The molecule has 0 aliphatic carbocycles. The summed E-state index contributed by atoms with van der Waals surface area (Å²) in [6.07, 6.45) is 3.42. The molecule has 0 saturated carbocycles. The molecule has 1 atom stereocenters. The minimum Gasteiger partial charge on any atom is -0.466 e. The maximum atomic E-state index is 13.4. The topological polar surface area (TPSA) is 46.6 Å². The third-order valence-electron chi connectivity index (χ3n) is 4.98. The molecule has 30 heavy (non-hydrogen) atoms. The van der Waals surface area contributed by atoms with Crippen molar-refractivity contribution in [2.45, 2.75) is 24.7 Å². The molecule has 0 N–H and O–H groups in total. The van der Waals surface area contributed by atoms with Crippen LogP contribution in [0.1, 0.15) is 25.3 Å². The second kappa shape index (κ2) is 11.2. The molecular formula is C24H26ClNO3S. The van der Waals surface area contributed by atoms with Crippen LogP contribution in [-0.4, -0.2) is 42.2 Å². The van der Waals surface area contributed by atoms with Gasteiger partial charge in [0.05, 0.1) is 12.5 Å². The molecule has 0 spiro atoms. The van der Waals surface area contributed by atoms with Gasteiger partial charge in [0.2, 0.25) is 0 Å². The van der Waals surface area contributed by atoms with E-state index in [1.165, 1.54) is 0 Å². The molecular weight excluding hydrogens is 418 g/mol. The fraction of sp³-hybridized carbons (Fsp3) is 0.333. The van der Waals surface area contributed by atoms with Gasteiger partial charge in [0.25, 0.3) is 5.91 Å². The van der Waals surface area contributed by atoms with Gasteiger partial charge in [-0.15, -0.1) is 11.8 Å². The quantitative estimate of drug-likeness (QED) is 0.330. The number of halogens is 1. The predicted molar refractivity (Wildman–Crippen MR) is 123 cm³/mol. The van der Waals surface area contributed by atoms with E-state index in [4.69, 9.17) is 16.3 Å². The van der Waals surface area contributed by atoms with Crippen molar-refractivity contribution in [3.8, 4) is 0 Å². The highest BCUT2D eigenvalue weighted by atomic mass is 35.5. The van der Waals surface area contributed by atoms with Gasteiger partial charge < -0.3 is 9.64 Å². The van der Waals surface area contributed by atoms with E-state index in [0.29, 0.717) is 36.0 Å². The minimum atomic E-state index is -0.258. The summed E-state index contributed by atoms with van der Waals surface area (Å²) in [6.45, 7) is 3.20. The van der Waals surface area contributed by atoms with Crippen molar-refractivity contribution >= 4 is 41.3 Å². The lowest BCUT2D eigenvalue weighted by Crippen LogP contribution is -2.43. The first-order valence-corrected chi connectivity index (χ1v) is 11.5. The summed E-state index contributed by atoms with van der Waals surface area (Å²) >= 11 is 7.95. The van der Waals surface area contributed by atoms with Gasteiger partial charge in [-0.25, -0.2) is 0 Å². The summed E-state index contributed by atoms with van der Waals surface area (Å²) in [5.74, 6) is -0.00195. The summed E-state index contributed by atoms with van der Waals surface area (Å²) in [5, 5.41) is 0.607. The highest BCUT2D eigenvalue weighted by molar-refractivity contribution is 7.99. The molecule has 0 unspecified atom stereocenters. The van der Waals surface area contributed by atoms with Gasteiger partial charge in [-0.1, -0.05) is 48.0 Å². The Morgan fingerprint density at radius 2 is 1.90 bits per heavy atom. The molecule has 6 heteroatoms. The number of nitrogens with zero attached hydrogens (tertiary/aromatic N) is 1. The Labute approximate surface area is 187 Å². The average Bonchev–Trinajstić information content (AvgIpc) is 2.78. The second-order valence-electron chi connectivity index (χ2n) is 7.14. The smallest absolute Gasteiger partial charge is 0.310 e. The van der Waals surface area contributed by atoms with E-state index < -0.39 is 0 Å². The van der Waals surface area contributed by atoms with E-state index >= 15 is 0 Å². The van der Waals surface area contributed by atoms with Gasteiger partial charge in [0.15, 0.2) is 0 Å². The number of hydrogen-bond donors (Lipinski definition) is 0. The summed E-state index contributed by atoms with van der Waals surface area (Å²) in [4.78, 5) is 28.5. The third kappa shape index (κ3) is 6.13. The fourth-order valence-corrected chi connectivity index (χ4v) is 4.51. The lowest BCUT2D eigenvalue weighted by molar-refractivity contribution is -0.150. The largest absolute Gasteiger partial charge is 0.466 e. The lowest BCUT2D eigenvalue weighted by atomic mass is 9.97. The SMILES string of the molecule is CCOC(=O)[C@H]1CCCN(C(=O)/C(=C/c2ccccc2Cl)CSc2ccccc2)C1. The molecule has 2 aromatic carbocycles. The van der Waals surface area contributed by atoms with Gasteiger partial charge >= 0.3 is 5.97 Å². The van der Waals surface area contributed by atoms with Crippen molar-refractivity contribution in [2.75, 3.05) is 25.4 Å². The Kier molecular flexibility index (Phi) is 8.40. The van der Waals surface area contributed by atoms with Crippen molar-refractivity contribution in [1.29, 1.82) is 0 Å².